The molecule has 0 aliphatic heterocycles. The molecule has 2 aromatic carbocycles. The fourth-order valence-corrected chi connectivity index (χ4v) is 3.37. The minimum atomic E-state index is 0.678. The number of aryl methyl sites for hydroxylation is 1. The predicted octanol–water partition coefficient (Wildman–Crippen LogP) is 5.73. The second-order valence-electron chi connectivity index (χ2n) is 7.12. The first-order valence-electron chi connectivity index (χ1n) is 9.96. The maximum absolute atomic E-state index is 5.99. The zero-order chi connectivity index (χ0) is 20.1. The Bertz CT molecular complexity index is 1040. The van der Waals surface area contributed by atoms with E-state index in [1.165, 1.54) is 16.7 Å². The third kappa shape index (κ3) is 4.61. The summed E-state index contributed by atoms with van der Waals surface area (Å²) in [5.74, 6) is 1.55. The number of pyridine rings is 1. The monoisotopic (exact) mass is 383 g/mol. The Morgan fingerprint density at radius 2 is 1.45 bits per heavy atom. The fourth-order valence-electron chi connectivity index (χ4n) is 3.37. The first-order valence-corrected chi connectivity index (χ1v) is 9.96. The van der Waals surface area contributed by atoms with Crippen molar-refractivity contribution in [1.29, 1.82) is 0 Å². The second-order valence-corrected chi connectivity index (χ2v) is 7.12. The molecule has 0 aliphatic carbocycles. The van der Waals surface area contributed by atoms with Crippen molar-refractivity contribution in [1.82, 2.24) is 14.9 Å². The predicted molar refractivity (Wildman–Crippen MR) is 116 cm³/mol. The number of aromatic nitrogens is 2. The van der Waals surface area contributed by atoms with Gasteiger partial charge < -0.3 is 4.42 Å². The van der Waals surface area contributed by atoms with E-state index in [0.717, 1.165) is 36.7 Å². The SMILES string of the molecule is CCN(Cc1ccncc1)Cc1nc(-c2ccc(-c3ccccc3)cc2)oc1C. The average molecular weight is 383 g/mol. The van der Waals surface area contributed by atoms with E-state index >= 15 is 0 Å². The molecule has 4 rings (SSSR count). The molecule has 146 valence electrons. The molecule has 0 spiro atoms. The summed E-state index contributed by atoms with van der Waals surface area (Å²) in [5.41, 5.74) is 5.63. The average Bonchev–Trinajstić information content (AvgIpc) is 3.15. The van der Waals surface area contributed by atoms with Crippen LogP contribution in [0.4, 0.5) is 0 Å². The van der Waals surface area contributed by atoms with Crippen LogP contribution in [0.2, 0.25) is 0 Å². The van der Waals surface area contributed by atoms with Crippen molar-refractivity contribution in [2.45, 2.75) is 26.9 Å². The smallest absolute Gasteiger partial charge is 0.226 e. The minimum absolute atomic E-state index is 0.678. The quantitative estimate of drug-likeness (QED) is 0.408. The largest absolute Gasteiger partial charge is 0.441 e. The number of rotatable bonds is 7. The molecule has 0 unspecified atom stereocenters. The summed E-state index contributed by atoms with van der Waals surface area (Å²) < 4.78 is 5.99. The summed E-state index contributed by atoms with van der Waals surface area (Å²) >= 11 is 0. The molecule has 4 aromatic rings. The van der Waals surface area contributed by atoms with Gasteiger partial charge in [-0.3, -0.25) is 9.88 Å². The molecule has 0 N–H and O–H groups in total. The molecular weight excluding hydrogens is 358 g/mol. The van der Waals surface area contributed by atoms with Gasteiger partial charge in [-0.05, 0) is 54.4 Å². The van der Waals surface area contributed by atoms with Gasteiger partial charge >= 0.3 is 0 Å². The highest BCUT2D eigenvalue weighted by atomic mass is 16.4. The van der Waals surface area contributed by atoms with E-state index in [-0.39, 0.29) is 0 Å². The van der Waals surface area contributed by atoms with Crippen molar-refractivity contribution in [3.05, 3.63) is 96.1 Å². The van der Waals surface area contributed by atoms with Crippen LogP contribution < -0.4 is 0 Å². The maximum Gasteiger partial charge on any atom is 0.226 e. The fraction of sp³-hybridized carbons (Fsp3) is 0.200. The molecule has 0 saturated heterocycles. The van der Waals surface area contributed by atoms with Gasteiger partial charge in [0, 0.05) is 31.0 Å². The summed E-state index contributed by atoms with van der Waals surface area (Å²) in [5, 5.41) is 0. The van der Waals surface area contributed by atoms with E-state index in [1.807, 2.05) is 25.4 Å². The third-order valence-corrected chi connectivity index (χ3v) is 5.11. The van der Waals surface area contributed by atoms with E-state index in [0.29, 0.717) is 5.89 Å². The second kappa shape index (κ2) is 8.84. The van der Waals surface area contributed by atoms with Crippen LogP contribution >= 0.6 is 0 Å². The topological polar surface area (TPSA) is 42.2 Å². The number of hydrogen-bond donors (Lipinski definition) is 0. The van der Waals surface area contributed by atoms with Crippen LogP contribution in [-0.2, 0) is 13.1 Å². The van der Waals surface area contributed by atoms with Gasteiger partial charge in [-0.2, -0.15) is 0 Å². The minimum Gasteiger partial charge on any atom is -0.441 e. The van der Waals surface area contributed by atoms with E-state index in [2.05, 4.69) is 77.5 Å². The lowest BCUT2D eigenvalue weighted by atomic mass is 10.0. The Morgan fingerprint density at radius 1 is 0.793 bits per heavy atom. The molecule has 4 nitrogen and oxygen atoms in total. The maximum atomic E-state index is 5.99. The third-order valence-electron chi connectivity index (χ3n) is 5.11. The van der Waals surface area contributed by atoms with Crippen LogP contribution in [0.3, 0.4) is 0 Å². The first kappa shape index (κ1) is 19.1. The van der Waals surface area contributed by atoms with Crippen molar-refractivity contribution < 1.29 is 4.42 Å². The van der Waals surface area contributed by atoms with Gasteiger partial charge in [0.2, 0.25) is 5.89 Å². The molecule has 2 aromatic heterocycles. The van der Waals surface area contributed by atoms with Crippen LogP contribution in [0.5, 0.6) is 0 Å². The van der Waals surface area contributed by atoms with E-state index in [4.69, 9.17) is 9.40 Å². The van der Waals surface area contributed by atoms with Crippen molar-refractivity contribution in [3.63, 3.8) is 0 Å². The van der Waals surface area contributed by atoms with Crippen LogP contribution in [-0.4, -0.2) is 21.4 Å². The van der Waals surface area contributed by atoms with E-state index in [1.54, 1.807) is 0 Å². The Labute approximate surface area is 171 Å². The van der Waals surface area contributed by atoms with Gasteiger partial charge in [0.1, 0.15) is 5.76 Å². The molecule has 0 bridgehead atoms. The molecule has 0 aliphatic rings. The zero-order valence-corrected chi connectivity index (χ0v) is 16.9. The highest BCUT2D eigenvalue weighted by Gasteiger charge is 2.15. The lowest BCUT2D eigenvalue weighted by molar-refractivity contribution is 0.267. The van der Waals surface area contributed by atoms with Crippen LogP contribution in [0.15, 0.2) is 83.5 Å². The summed E-state index contributed by atoms with van der Waals surface area (Å²) in [4.78, 5) is 11.2. The molecule has 0 saturated carbocycles. The molecule has 2 heterocycles. The molecule has 0 atom stereocenters. The lowest BCUT2D eigenvalue weighted by Gasteiger charge is -2.19. The normalized spacial score (nSPS) is 11.1. The van der Waals surface area contributed by atoms with Gasteiger partial charge in [-0.1, -0.05) is 49.4 Å². The van der Waals surface area contributed by atoms with Gasteiger partial charge in [-0.25, -0.2) is 4.98 Å². The number of oxazole rings is 1. The Morgan fingerprint density at radius 3 is 2.14 bits per heavy atom. The van der Waals surface area contributed by atoms with Crippen molar-refractivity contribution in [2.75, 3.05) is 6.54 Å². The van der Waals surface area contributed by atoms with Gasteiger partial charge in [-0.15, -0.1) is 0 Å². The van der Waals surface area contributed by atoms with Gasteiger partial charge in [0.05, 0.1) is 5.69 Å². The molecule has 4 heteroatoms. The number of hydrogen-bond acceptors (Lipinski definition) is 4. The Kier molecular flexibility index (Phi) is 5.82. The van der Waals surface area contributed by atoms with Crippen LogP contribution in [0.1, 0.15) is 23.9 Å². The molecule has 0 radical (unpaired) electrons. The first-order chi connectivity index (χ1) is 14.2. The summed E-state index contributed by atoms with van der Waals surface area (Å²) in [6.07, 6.45) is 3.67. The summed E-state index contributed by atoms with van der Waals surface area (Å²) in [6.45, 7) is 6.72. The van der Waals surface area contributed by atoms with Crippen LogP contribution in [0, 0.1) is 6.92 Å². The molecular formula is C25H25N3O. The highest BCUT2D eigenvalue weighted by molar-refractivity contribution is 5.67. The zero-order valence-electron chi connectivity index (χ0n) is 16.9. The van der Waals surface area contributed by atoms with Crippen molar-refractivity contribution in [3.8, 4) is 22.6 Å². The number of nitrogens with zero attached hydrogens (tertiary/aromatic N) is 3. The van der Waals surface area contributed by atoms with Crippen LogP contribution in [0.25, 0.3) is 22.6 Å². The molecule has 0 fully saturated rings. The molecule has 0 amide bonds. The Hall–Kier alpha value is -3.24. The van der Waals surface area contributed by atoms with Crippen molar-refractivity contribution in [2.24, 2.45) is 0 Å². The van der Waals surface area contributed by atoms with E-state index < -0.39 is 0 Å². The van der Waals surface area contributed by atoms with Gasteiger partial charge in [0.15, 0.2) is 0 Å². The highest BCUT2D eigenvalue weighted by Crippen LogP contribution is 2.26. The Balaban J connectivity index is 1.50. The molecule has 29 heavy (non-hydrogen) atoms. The number of benzene rings is 2. The summed E-state index contributed by atoms with van der Waals surface area (Å²) in [6, 6.07) is 22.9. The lowest BCUT2D eigenvalue weighted by Crippen LogP contribution is -2.22. The summed E-state index contributed by atoms with van der Waals surface area (Å²) in [7, 11) is 0. The van der Waals surface area contributed by atoms with Crippen molar-refractivity contribution >= 4 is 0 Å². The van der Waals surface area contributed by atoms with E-state index in [9.17, 15) is 0 Å². The standard InChI is InChI=1S/C25H25N3O/c1-3-28(17-20-13-15-26-16-14-20)18-24-19(2)29-25(27-24)23-11-9-22(10-12-23)21-7-5-4-6-8-21/h4-16H,3,17-18H2,1-2H3. The van der Waals surface area contributed by atoms with Gasteiger partial charge in [0.25, 0.3) is 0 Å².